The molecule has 0 N–H and O–H groups in total. The zero-order valence-corrected chi connectivity index (χ0v) is 11.0. The van der Waals surface area contributed by atoms with Crippen LogP contribution in [0, 0.1) is 5.82 Å². The number of alkyl halides is 3. The van der Waals surface area contributed by atoms with Gasteiger partial charge in [-0.2, -0.15) is 13.2 Å². The van der Waals surface area contributed by atoms with E-state index in [1.54, 1.807) is 0 Å². The van der Waals surface area contributed by atoms with Gasteiger partial charge in [0.1, 0.15) is 11.6 Å². The molecule has 0 aliphatic carbocycles. The Morgan fingerprint density at radius 2 is 1.24 bits per heavy atom. The molecule has 0 atom stereocenters. The number of carbonyl (C=O) groups excluding carboxylic acids is 1. The lowest BCUT2D eigenvalue weighted by molar-refractivity contribution is -0.137. The monoisotopic (exact) mass is 296 g/mol. The van der Waals surface area contributed by atoms with Crippen molar-refractivity contribution in [3.8, 4) is 0 Å². The lowest BCUT2D eigenvalue weighted by Crippen LogP contribution is -2.08. The molecule has 0 spiro atoms. The topological polar surface area (TPSA) is 17.1 Å². The Bertz CT molecular complexity index is 612. The number of hydrogen-bond acceptors (Lipinski definition) is 1. The molecule has 0 amide bonds. The second-order valence-corrected chi connectivity index (χ2v) is 4.71. The van der Waals surface area contributed by atoms with Crippen LogP contribution in [0.1, 0.15) is 16.7 Å². The SMILES string of the molecule is O=C(Cc1ccc(F)cc1)Cc1ccc(C(F)(F)F)cc1. The zero-order chi connectivity index (χ0) is 15.5. The van der Waals surface area contributed by atoms with E-state index in [-0.39, 0.29) is 24.4 Å². The molecule has 1 nitrogen and oxygen atoms in total. The molecular formula is C16H12F4O. The highest BCUT2D eigenvalue weighted by molar-refractivity contribution is 5.83. The highest BCUT2D eigenvalue weighted by Crippen LogP contribution is 2.29. The molecule has 110 valence electrons. The Labute approximate surface area is 119 Å². The smallest absolute Gasteiger partial charge is 0.299 e. The highest BCUT2D eigenvalue weighted by atomic mass is 19.4. The van der Waals surface area contributed by atoms with E-state index in [0.29, 0.717) is 11.1 Å². The summed E-state index contributed by atoms with van der Waals surface area (Å²) in [6.07, 6.45) is -4.20. The fourth-order valence-electron chi connectivity index (χ4n) is 1.93. The molecule has 0 aliphatic heterocycles. The minimum atomic E-state index is -4.38. The number of Topliss-reactive ketones (excluding diaryl/α,β-unsaturated/α-hetero) is 1. The first-order valence-electron chi connectivity index (χ1n) is 6.27. The van der Waals surface area contributed by atoms with Crippen molar-refractivity contribution in [2.45, 2.75) is 19.0 Å². The molecule has 0 unspecified atom stereocenters. The molecule has 2 aromatic carbocycles. The number of rotatable bonds is 4. The molecule has 0 aliphatic rings. The van der Waals surface area contributed by atoms with Gasteiger partial charge in [-0.25, -0.2) is 4.39 Å². The van der Waals surface area contributed by atoms with Crippen molar-refractivity contribution in [1.82, 2.24) is 0 Å². The number of benzene rings is 2. The lowest BCUT2D eigenvalue weighted by atomic mass is 10.0. The minimum Gasteiger partial charge on any atom is -0.299 e. The van der Waals surface area contributed by atoms with Crippen molar-refractivity contribution in [3.63, 3.8) is 0 Å². The maximum atomic E-state index is 12.7. The number of halogens is 4. The van der Waals surface area contributed by atoms with E-state index in [1.807, 2.05) is 0 Å². The molecule has 2 rings (SSSR count). The fourth-order valence-corrected chi connectivity index (χ4v) is 1.93. The maximum Gasteiger partial charge on any atom is 0.416 e. The van der Waals surface area contributed by atoms with Crippen LogP contribution >= 0.6 is 0 Å². The van der Waals surface area contributed by atoms with Gasteiger partial charge >= 0.3 is 6.18 Å². The molecule has 0 saturated heterocycles. The van der Waals surface area contributed by atoms with Crippen molar-refractivity contribution >= 4 is 5.78 Å². The predicted molar refractivity (Wildman–Crippen MR) is 70.3 cm³/mol. The van der Waals surface area contributed by atoms with Crippen molar-refractivity contribution in [3.05, 3.63) is 71.0 Å². The number of hydrogen-bond donors (Lipinski definition) is 0. The Morgan fingerprint density at radius 1 is 0.810 bits per heavy atom. The van der Waals surface area contributed by atoms with Crippen LogP contribution in [0.15, 0.2) is 48.5 Å². The average Bonchev–Trinajstić information content (AvgIpc) is 2.41. The molecule has 0 heterocycles. The fraction of sp³-hybridized carbons (Fsp3) is 0.188. The van der Waals surface area contributed by atoms with Crippen molar-refractivity contribution in [2.75, 3.05) is 0 Å². The van der Waals surface area contributed by atoms with Gasteiger partial charge in [-0.3, -0.25) is 4.79 Å². The van der Waals surface area contributed by atoms with Gasteiger partial charge in [0.25, 0.3) is 0 Å². The van der Waals surface area contributed by atoms with E-state index in [1.165, 1.54) is 36.4 Å². The van der Waals surface area contributed by atoms with Gasteiger partial charge in [-0.05, 0) is 35.4 Å². The van der Waals surface area contributed by atoms with Crippen LogP contribution < -0.4 is 0 Å². The van der Waals surface area contributed by atoms with Crippen molar-refractivity contribution in [1.29, 1.82) is 0 Å². The summed E-state index contributed by atoms with van der Waals surface area (Å²) >= 11 is 0. The van der Waals surface area contributed by atoms with Crippen LogP contribution in [0.25, 0.3) is 0 Å². The summed E-state index contributed by atoms with van der Waals surface area (Å²) in [5.41, 5.74) is 0.459. The van der Waals surface area contributed by atoms with Crippen molar-refractivity contribution in [2.24, 2.45) is 0 Å². The van der Waals surface area contributed by atoms with Crippen LogP contribution in [0.3, 0.4) is 0 Å². The third kappa shape index (κ3) is 4.41. The normalized spacial score (nSPS) is 11.4. The summed E-state index contributed by atoms with van der Waals surface area (Å²) in [6.45, 7) is 0. The van der Waals surface area contributed by atoms with E-state index in [2.05, 4.69) is 0 Å². The van der Waals surface area contributed by atoms with Crippen molar-refractivity contribution < 1.29 is 22.4 Å². The summed E-state index contributed by atoms with van der Waals surface area (Å²) in [6, 6.07) is 10.1. The lowest BCUT2D eigenvalue weighted by Gasteiger charge is -2.07. The zero-order valence-electron chi connectivity index (χ0n) is 11.0. The average molecular weight is 296 g/mol. The molecule has 5 heteroatoms. The Balaban J connectivity index is 1.98. The minimum absolute atomic E-state index is 0.0511. The van der Waals surface area contributed by atoms with Crippen LogP contribution in [0.4, 0.5) is 17.6 Å². The van der Waals surface area contributed by atoms with Gasteiger partial charge < -0.3 is 0 Å². The van der Waals surface area contributed by atoms with E-state index in [0.717, 1.165) is 12.1 Å². The van der Waals surface area contributed by atoms with E-state index in [9.17, 15) is 22.4 Å². The summed E-state index contributed by atoms with van der Waals surface area (Å²) in [5, 5.41) is 0. The Hall–Kier alpha value is -2.17. The second kappa shape index (κ2) is 6.08. The molecule has 21 heavy (non-hydrogen) atoms. The second-order valence-electron chi connectivity index (χ2n) is 4.71. The predicted octanol–water partition coefficient (Wildman–Crippen LogP) is 4.20. The quantitative estimate of drug-likeness (QED) is 0.773. The first kappa shape index (κ1) is 15.2. The molecular weight excluding hydrogens is 284 g/mol. The Kier molecular flexibility index (Phi) is 4.40. The van der Waals surface area contributed by atoms with Crippen LogP contribution in [0.5, 0.6) is 0 Å². The van der Waals surface area contributed by atoms with Gasteiger partial charge in [0.15, 0.2) is 0 Å². The number of carbonyl (C=O) groups is 1. The molecule has 0 radical (unpaired) electrons. The van der Waals surface area contributed by atoms with E-state index < -0.39 is 11.7 Å². The molecule has 0 saturated carbocycles. The third-order valence-electron chi connectivity index (χ3n) is 3.00. The van der Waals surface area contributed by atoms with Crippen LogP contribution in [0.2, 0.25) is 0 Å². The molecule has 0 aromatic heterocycles. The molecule has 0 fully saturated rings. The third-order valence-corrected chi connectivity index (χ3v) is 3.00. The maximum absolute atomic E-state index is 12.7. The summed E-state index contributed by atoms with van der Waals surface area (Å²) in [7, 11) is 0. The molecule has 2 aromatic rings. The first-order valence-corrected chi connectivity index (χ1v) is 6.27. The summed E-state index contributed by atoms with van der Waals surface area (Å²) < 4.78 is 49.9. The highest BCUT2D eigenvalue weighted by Gasteiger charge is 2.29. The summed E-state index contributed by atoms with van der Waals surface area (Å²) in [4.78, 5) is 11.8. The summed E-state index contributed by atoms with van der Waals surface area (Å²) in [5.74, 6) is -0.518. The largest absolute Gasteiger partial charge is 0.416 e. The van der Waals surface area contributed by atoms with E-state index in [4.69, 9.17) is 0 Å². The van der Waals surface area contributed by atoms with Gasteiger partial charge in [0.05, 0.1) is 5.56 Å². The van der Waals surface area contributed by atoms with Gasteiger partial charge in [0.2, 0.25) is 0 Å². The standard InChI is InChI=1S/C16H12F4O/c17-14-7-3-12(4-8-14)10-15(21)9-11-1-5-13(6-2-11)16(18,19)20/h1-8H,9-10H2. The van der Waals surface area contributed by atoms with E-state index >= 15 is 0 Å². The van der Waals surface area contributed by atoms with Gasteiger partial charge in [0, 0.05) is 12.8 Å². The molecule has 0 bridgehead atoms. The van der Waals surface area contributed by atoms with Crippen LogP contribution in [-0.2, 0) is 23.8 Å². The number of ketones is 1. The van der Waals surface area contributed by atoms with Crippen LogP contribution in [-0.4, -0.2) is 5.78 Å². The Morgan fingerprint density at radius 3 is 1.67 bits per heavy atom. The van der Waals surface area contributed by atoms with Gasteiger partial charge in [-0.1, -0.05) is 24.3 Å². The van der Waals surface area contributed by atoms with Gasteiger partial charge in [-0.15, -0.1) is 0 Å². The first-order chi connectivity index (χ1) is 9.84.